The summed E-state index contributed by atoms with van der Waals surface area (Å²) < 4.78 is 24.1. The number of rotatable bonds is 9. The zero-order valence-corrected chi connectivity index (χ0v) is 20.5. The van der Waals surface area contributed by atoms with Crippen LogP contribution in [0.4, 0.5) is 0 Å². The van der Waals surface area contributed by atoms with Crippen LogP contribution in [0.5, 0.6) is 17.4 Å². The van der Waals surface area contributed by atoms with Gasteiger partial charge >= 0.3 is 5.97 Å². The first-order chi connectivity index (χ1) is 18.1. The van der Waals surface area contributed by atoms with Crippen LogP contribution in [0, 0.1) is 6.92 Å². The van der Waals surface area contributed by atoms with E-state index < -0.39 is 5.97 Å². The summed E-state index contributed by atoms with van der Waals surface area (Å²) in [6.45, 7) is 2.35. The summed E-state index contributed by atoms with van der Waals surface area (Å²) in [6, 6.07) is 26.9. The molecule has 2 aromatic heterocycles. The molecule has 0 aliphatic heterocycles. The van der Waals surface area contributed by atoms with Gasteiger partial charge in [0.2, 0.25) is 11.8 Å². The summed E-state index contributed by atoms with van der Waals surface area (Å²) >= 11 is 0. The lowest BCUT2D eigenvalue weighted by Gasteiger charge is -2.07. The van der Waals surface area contributed by atoms with E-state index in [4.69, 9.17) is 18.6 Å². The fraction of sp³-hybridized carbons (Fsp3) is 0.138. The number of nitrogens with zero attached hydrogens (tertiary/aromatic N) is 3. The lowest BCUT2D eigenvalue weighted by Crippen LogP contribution is -2.05. The minimum Gasteiger partial charge on any atom is -0.469 e. The minimum absolute atomic E-state index is 0.0920. The van der Waals surface area contributed by atoms with Gasteiger partial charge in [-0.2, -0.15) is 0 Å². The molecular weight excluding hydrogens is 470 g/mol. The first-order valence-electron chi connectivity index (χ1n) is 11.7. The third-order valence-corrected chi connectivity index (χ3v) is 5.64. The van der Waals surface area contributed by atoms with E-state index in [0.717, 1.165) is 22.6 Å². The highest BCUT2D eigenvalue weighted by molar-refractivity contribution is 5.91. The molecule has 3 aromatic carbocycles. The normalized spacial score (nSPS) is 10.8. The van der Waals surface area contributed by atoms with Gasteiger partial charge in [-0.05, 0) is 48.9 Å². The molecule has 0 saturated carbocycles. The highest BCUT2D eigenvalue weighted by Crippen LogP contribution is 2.25. The number of benzene rings is 3. The number of esters is 1. The zero-order valence-electron chi connectivity index (χ0n) is 20.5. The monoisotopic (exact) mass is 495 g/mol. The first-order valence-corrected chi connectivity index (χ1v) is 11.7. The maximum Gasteiger partial charge on any atom is 0.345 e. The maximum absolute atomic E-state index is 12.4. The molecule has 0 saturated heterocycles. The van der Waals surface area contributed by atoms with Crippen LogP contribution in [-0.4, -0.2) is 27.8 Å². The second-order valence-electron chi connectivity index (χ2n) is 8.27. The average molecular weight is 496 g/mol. The molecule has 0 unspecified atom stereocenters. The highest BCUT2D eigenvalue weighted by atomic mass is 16.5. The molecular formula is C29H25N3O5. The van der Waals surface area contributed by atoms with Crippen molar-refractivity contribution in [3.05, 3.63) is 114 Å². The third-order valence-electron chi connectivity index (χ3n) is 5.64. The Morgan fingerprint density at radius 2 is 1.59 bits per heavy atom. The molecule has 0 aliphatic rings. The lowest BCUT2D eigenvalue weighted by atomic mass is 10.2. The van der Waals surface area contributed by atoms with Crippen molar-refractivity contribution in [1.82, 2.24) is 14.8 Å². The number of oxazole rings is 1. The SMILES string of the molecule is COC(=O)c1cn(Cc2ccc(Oc3ccccc3)cc2)nc1OCc1nc(-c2ccccc2)oc1C. The van der Waals surface area contributed by atoms with E-state index in [2.05, 4.69) is 10.1 Å². The average Bonchev–Trinajstić information content (AvgIpc) is 3.52. The van der Waals surface area contributed by atoms with E-state index in [9.17, 15) is 4.79 Å². The predicted octanol–water partition coefficient (Wildman–Crippen LogP) is 6.05. The fourth-order valence-electron chi connectivity index (χ4n) is 3.72. The Morgan fingerprint density at radius 3 is 2.30 bits per heavy atom. The Bertz CT molecular complexity index is 1480. The van der Waals surface area contributed by atoms with Crippen molar-refractivity contribution in [3.8, 4) is 28.8 Å². The molecule has 0 aliphatic carbocycles. The molecule has 8 nitrogen and oxygen atoms in total. The van der Waals surface area contributed by atoms with Crippen molar-refractivity contribution in [2.24, 2.45) is 0 Å². The lowest BCUT2D eigenvalue weighted by molar-refractivity contribution is 0.0595. The van der Waals surface area contributed by atoms with Gasteiger partial charge in [-0.25, -0.2) is 9.78 Å². The second kappa shape index (κ2) is 10.8. The van der Waals surface area contributed by atoms with Crippen LogP contribution in [-0.2, 0) is 17.9 Å². The third kappa shape index (κ3) is 5.70. The van der Waals surface area contributed by atoms with Gasteiger partial charge in [0.05, 0.1) is 13.7 Å². The van der Waals surface area contributed by atoms with Gasteiger partial charge in [0.1, 0.15) is 35.1 Å². The quantitative estimate of drug-likeness (QED) is 0.230. The molecule has 2 heterocycles. The predicted molar refractivity (Wildman–Crippen MR) is 137 cm³/mol. The van der Waals surface area contributed by atoms with Crippen LogP contribution in [0.2, 0.25) is 0 Å². The van der Waals surface area contributed by atoms with Crippen molar-refractivity contribution in [2.75, 3.05) is 7.11 Å². The van der Waals surface area contributed by atoms with Gasteiger partial charge in [0.15, 0.2) is 0 Å². The largest absolute Gasteiger partial charge is 0.469 e. The molecule has 0 radical (unpaired) electrons. The number of ether oxygens (including phenoxy) is 3. The van der Waals surface area contributed by atoms with Crippen LogP contribution in [0.1, 0.15) is 27.4 Å². The Balaban J connectivity index is 1.29. The van der Waals surface area contributed by atoms with Crippen LogP contribution < -0.4 is 9.47 Å². The standard InChI is InChI=1S/C29H25N3O5/c1-20-26(30-27(36-20)22-9-5-3-6-10-22)19-35-28-25(29(33)34-2)18-32(31-28)17-21-13-15-24(16-14-21)37-23-11-7-4-8-12-23/h3-16,18H,17,19H2,1-2H3. The van der Waals surface area contributed by atoms with Crippen LogP contribution in [0.25, 0.3) is 11.5 Å². The van der Waals surface area contributed by atoms with Crippen molar-refractivity contribution >= 4 is 5.97 Å². The smallest absolute Gasteiger partial charge is 0.345 e. The van der Waals surface area contributed by atoms with Gasteiger partial charge in [-0.15, -0.1) is 5.10 Å². The molecule has 37 heavy (non-hydrogen) atoms. The number of carbonyl (C=O) groups is 1. The summed E-state index contributed by atoms with van der Waals surface area (Å²) in [5, 5.41) is 4.48. The van der Waals surface area contributed by atoms with E-state index in [1.807, 2.05) is 91.9 Å². The van der Waals surface area contributed by atoms with Crippen molar-refractivity contribution in [2.45, 2.75) is 20.1 Å². The maximum atomic E-state index is 12.4. The Hall–Kier alpha value is -4.85. The number of aromatic nitrogens is 3. The molecule has 0 N–H and O–H groups in total. The zero-order chi connectivity index (χ0) is 25.6. The van der Waals surface area contributed by atoms with E-state index in [1.165, 1.54) is 7.11 Å². The van der Waals surface area contributed by atoms with Crippen molar-refractivity contribution in [3.63, 3.8) is 0 Å². The molecule has 0 bridgehead atoms. The number of aryl methyl sites for hydroxylation is 1. The number of hydrogen-bond acceptors (Lipinski definition) is 7. The van der Waals surface area contributed by atoms with Gasteiger partial charge < -0.3 is 18.6 Å². The Labute approximate surface area is 214 Å². The summed E-state index contributed by atoms with van der Waals surface area (Å²) in [7, 11) is 1.32. The van der Waals surface area contributed by atoms with Crippen LogP contribution in [0.3, 0.4) is 0 Å². The number of carbonyl (C=O) groups excluding carboxylic acids is 1. The summed E-state index contributed by atoms with van der Waals surface area (Å²) in [4.78, 5) is 16.9. The van der Waals surface area contributed by atoms with Crippen LogP contribution in [0.15, 0.2) is 95.5 Å². The van der Waals surface area contributed by atoms with Gasteiger partial charge in [-0.1, -0.05) is 48.5 Å². The number of hydrogen-bond donors (Lipinski definition) is 0. The molecule has 0 amide bonds. The van der Waals surface area contributed by atoms with Crippen molar-refractivity contribution < 1.29 is 23.4 Å². The Kier molecular flexibility index (Phi) is 6.98. The highest BCUT2D eigenvalue weighted by Gasteiger charge is 2.20. The van der Waals surface area contributed by atoms with E-state index in [1.54, 1.807) is 10.9 Å². The van der Waals surface area contributed by atoms with E-state index in [-0.39, 0.29) is 18.1 Å². The molecule has 8 heteroatoms. The molecule has 5 rings (SSSR count). The fourth-order valence-corrected chi connectivity index (χ4v) is 3.72. The van der Waals surface area contributed by atoms with Gasteiger partial charge in [0.25, 0.3) is 0 Å². The summed E-state index contributed by atoms with van der Waals surface area (Å²) in [6.07, 6.45) is 1.61. The molecule has 5 aromatic rings. The Morgan fingerprint density at radius 1 is 0.919 bits per heavy atom. The van der Waals surface area contributed by atoms with Crippen molar-refractivity contribution in [1.29, 1.82) is 0 Å². The summed E-state index contributed by atoms with van der Waals surface area (Å²) in [5.41, 5.74) is 2.71. The topological polar surface area (TPSA) is 88.6 Å². The number of methoxy groups -OCH3 is 1. The first kappa shape index (κ1) is 23.9. The molecule has 0 fully saturated rings. The van der Waals surface area contributed by atoms with E-state index in [0.29, 0.717) is 23.9 Å². The van der Waals surface area contributed by atoms with Gasteiger partial charge in [-0.3, -0.25) is 4.68 Å². The van der Waals surface area contributed by atoms with Crippen LogP contribution >= 0.6 is 0 Å². The molecule has 186 valence electrons. The summed E-state index contributed by atoms with van der Waals surface area (Å²) in [5.74, 6) is 2.28. The molecule has 0 spiro atoms. The number of para-hydroxylation sites is 1. The second-order valence-corrected chi connectivity index (χ2v) is 8.27. The molecule has 0 atom stereocenters. The van der Waals surface area contributed by atoms with E-state index >= 15 is 0 Å². The minimum atomic E-state index is -0.533. The van der Waals surface area contributed by atoms with Gasteiger partial charge in [0, 0.05) is 11.8 Å².